The van der Waals surface area contributed by atoms with Crippen LogP contribution in [0.2, 0.25) is 0 Å². The number of phenols is 2. The predicted octanol–water partition coefficient (Wildman–Crippen LogP) is 1.15. The molecule has 0 bridgehead atoms. The van der Waals surface area contributed by atoms with Crippen LogP contribution in [-0.4, -0.2) is 122 Å². The van der Waals surface area contributed by atoms with Crippen LogP contribution in [-0.2, 0) is 41.9 Å². The normalized spacial score (nSPS) is 20.1. The number of aromatic hydroxyl groups is 2. The van der Waals surface area contributed by atoms with Gasteiger partial charge in [-0.15, -0.1) is 11.8 Å². The van der Waals surface area contributed by atoms with Crippen molar-refractivity contribution in [3.8, 4) is 11.5 Å². The summed E-state index contributed by atoms with van der Waals surface area (Å²) in [6, 6.07) is 2.49. The van der Waals surface area contributed by atoms with Crippen LogP contribution in [0.25, 0.3) is 10.9 Å². The maximum Gasteiger partial charge on any atom is 0.352 e. The van der Waals surface area contributed by atoms with Gasteiger partial charge < -0.3 is 40.6 Å². The molecule has 0 spiro atoms. The summed E-state index contributed by atoms with van der Waals surface area (Å²) in [4.78, 5) is 86.4. The van der Waals surface area contributed by atoms with Gasteiger partial charge in [0, 0.05) is 49.4 Å². The highest BCUT2D eigenvalue weighted by Gasteiger charge is 2.55. The number of hydrogen-bond donors (Lipinski definition) is 6. The number of anilines is 1. The van der Waals surface area contributed by atoms with Gasteiger partial charge in [-0.05, 0) is 13.0 Å². The number of nitrogens with zero attached hydrogens (tertiary/aromatic N) is 6. The Bertz CT molecular complexity index is 2190. The number of likely N-dealkylation sites (tertiary alicyclic amines) is 1. The van der Waals surface area contributed by atoms with Crippen molar-refractivity contribution in [2.24, 2.45) is 11.1 Å². The number of nitrogens with two attached hydrogens (primary N) is 1. The van der Waals surface area contributed by atoms with E-state index in [9.17, 15) is 49.2 Å². The van der Waals surface area contributed by atoms with Gasteiger partial charge in [0.1, 0.15) is 18.8 Å². The topological polar surface area (TPSA) is 285 Å². The largest absolute Gasteiger partial charge is 0.504 e. The van der Waals surface area contributed by atoms with Crippen LogP contribution < -0.4 is 11.2 Å². The SMILES string of the molecule is CCn1nc(C[N+]2(CC3=C(C(=O)O)N4C(=O)[C@@H](CC(=O)/C(=N\O[C@H](CC(=O)O)C(=O)O)c5cnc(N)s5)[C@H]4SC3)CCCC2)c(=O)c2cc(O)c(O)cc21. The number of benzene rings is 1. The molecule has 7 N–H and O–H groups in total. The maximum atomic E-state index is 13.7. The lowest BCUT2D eigenvalue weighted by atomic mass is 9.89. The van der Waals surface area contributed by atoms with Crippen molar-refractivity contribution < 1.29 is 58.8 Å². The number of quaternary nitrogens is 1. The Kier molecular flexibility index (Phi) is 10.7. The van der Waals surface area contributed by atoms with Crippen LogP contribution in [0.3, 0.4) is 0 Å². The Morgan fingerprint density at radius 1 is 1.09 bits per heavy atom. The molecule has 54 heavy (non-hydrogen) atoms. The number of thioether (sulfide) groups is 1. The van der Waals surface area contributed by atoms with E-state index in [-0.39, 0.29) is 51.4 Å². The van der Waals surface area contributed by atoms with Crippen molar-refractivity contribution in [2.75, 3.05) is 31.1 Å². The van der Waals surface area contributed by atoms with Crippen LogP contribution in [0, 0.1) is 5.92 Å². The smallest absolute Gasteiger partial charge is 0.352 e. The molecule has 1 aromatic carbocycles. The number of phenolic OH excluding ortho intramolecular Hbond substituents is 2. The molecule has 2 saturated heterocycles. The van der Waals surface area contributed by atoms with E-state index < -0.39 is 76.7 Å². The minimum Gasteiger partial charge on any atom is -0.504 e. The number of aromatic nitrogens is 3. The van der Waals surface area contributed by atoms with E-state index in [1.165, 1.54) is 30.1 Å². The molecular formula is C33H36N7O12S2+. The third-order valence-electron chi connectivity index (χ3n) is 9.64. The molecule has 2 aromatic heterocycles. The Labute approximate surface area is 313 Å². The number of nitrogen functional groups attached to an aromatic ring is 1. The maximum absolute atomic E-state index is 13.7. The van der Waals surface area contributed by atoms with E-state index in [0.717, 1.165) is 29.1 Å². The van der Waals surface area contributed by atoms with Gasteiger partial charge in [-0.2, -0.15) is 5.10 Å². The summed E-state index contributed by atoms with van der Waals surface area (Å²) in [6.45, 7) is 3.79. The summed E-state index contributed by atoms with van der Waals surface area (Å²) in [5, 5.41) is 56.8. The fourth-order valence-corrected chi connectivity index (χ4v) is 9.21. The molecule has 3 atom stereocenters. The number of amides is 1. The van der Waals surface area contributed by atoms with E-state index in [0.29, 0.717) is 35.2 Å². The summed E-state index contributed by atoms with van der Waals surface area (Å²) in [7, 11) is 0. The number of carbonyl (C=O) groups excluding carboxylic acids is 2. The molecule has 19 nitrogen and oxygen atoms in total. The second kappa shape index (κ2) is 15.1. The number of thiazole rings is 1. The summed E-state index contributed by atoms with van der Waals surface area (Å²) in [5.41, 5.74) is 5.75. The Hall–Kier alpha value is -5.54. The molecule has 0 aliphatic carbocycles. The zero-order valence-electron chi connectivity index (χ0n) is 28.7. The van der Waals surface area contributed by atoms with Crippen molar-refractivity contribution in [3.63, 3.8) is 0 Å². The quantitative estimate of drug-likeness (QED) is 0.0414. The van der Waals surface area contributed by atoms with Crippen LogP contribution in [0.4, 0.5) is 5.13 Å². The third kappa shape index (κ3) is 7.33. The van der Waals surface area contributed by atoms with E-state index >= 15 is 0 Å². The second-order valence-corrected chi connectivity index (χ2v) is 15.4. The van der Waals surface area contributed by atoms with Gasteiger partial charge in [0.25, 0.3) is 0 Å². The number of carbonyl (C=O) groups is 5. The lowest BCUT2D eigenvalue weighted by Gasteiger charge is -2.50. The third-order valence-corrected chi connectivity index (χ3v) is 11.9. The van der Waals surface area contributed by atoms with Gasteiger partial charge in [-0.3, -0.25) is 28.8 Å². The number of fused-ring (bicyclic) bond motifs is 2. The zero-order valence-corrected chi connectivity index (χ0v) is 30.3. The Balaban J connectivity index is 1.25. The van der Waals surface area contributed by atoms with Gasteiger partial charge in [-0.1, -0.05) is 16.5 Å². The van der Waals surface area contributed by atoms with E-state index in [4.69, 9.17) is 15.7 Å². The molecule has 0 radical (unpaired) electrons. The summed E-state index contributed by atoms with van der Waals surface area (Å²) < 4.78 is 1.87. The summed E-state index contributed by atoms with van der Waals surface area (Å²) in [6.07, 6.45) is -0.489. The highest BCUT2D eigenvalue weighted by Crippen LogP contribution is 2.46. The number of oxime groups is 1. The average Bonchev–Trinajstić information content (AvgIpc) is 3.77. The minimum atomic E-state index is -1.92. The van der Waals surface area contributed by atoms with Gasteiger partial charge in [0.15, 0.2) is 33.8 Å². The summed E-state index contributed by atoms with van der Waals surface area (Å²) >= 11 is 2.12. The first-order valence-electron chi connectivity index (χ1n) is 16.8. The molecule has 3 aliphatic rings. The van der Waals surface area contributed by atoms with Crippen LogP contribution in [0.15, 0.2) is 39.5 Å². The molecule has 0 unspecified atom stereocenters. The molecule has 286 valence electrons. The molecule has 21 heteroatoms. The first kappa shape index (κ1) is 38.2. The first-order chi connectivity index (χ1) is 25.6. The standard InChI is InChI=1S/C33H35N7O12S2/c1-2-38-19-9-21(42)20(41)7-16(19)28(46)18(36-38)13-40(5-3-4-6-40)12-15-14-53-30-17(29(47)39(30)27(15)32(50)51)8-22(43)26(24-11-35-33(34)54-24)37-52-23(31(48)49)10-25(44)45/h7,9,11,17,23,30H,2-6,8,10,12-14H2,1H3,(H6-,34,35,36,37,41,42,43,44,45,46,48,49,50,51)/p+1/t17-,23-,30-/m1/s1. The molecule has 5 heterocycles. The second-order valence-electron chi connectivity index (χ2n) is 13.2. The highest BCUT2D eigenvalue weighted by molar-refractivity contribution is 8.00. The molecule has 0 saturated carbocycles. The number of aryl methyl sites for hydroxylation is 1. The van der Waals surface area contributed by atoms with E-state index in [1.807, 2.05) is 6.92 Å². The predicted molar refractivity (Wildman–Crippen MR) is 191 cm³/mol. The van der Waals surface area contributed by atoms with Crippen molar-refractivity contribution in [3.05, 3.63) is 50.4 Å². The lowest BCUT2D eigenvalue weighted by Crippen LogP contribution is -2.62. The highest BCUT2D eigenvalue weighted by atomic mass is 32.2. The Morgan fingerprint density at radius 3 is 2.41 bits per heavy atom. The van der Waals surface area contributed by atoms with Crippen molar-refractivity contribution >= 4 is 74.4 Å². The number of hydrogen-bond acceptors (Lipinski definition) is 15. The van der Waals surface area contributed by atoms with Crippen molar-refractivity contribution in [1.29, 1.82) is 0 Å². The number of ketones is 1. The van der Waals surface area contributed by atoms with Crippen molar-refractivity contribution in [2.45, 2.75) is 57.2 Å². The van der Waals surface area contributed by atoms with Gasteiger partial charge in [0.2, 0.25) is 17.4 Å². The zero-order chi connectivity index (χ0) is 39.1. The number of aliphatic carboxylic acids is 3. The number of rotatable bonds is 15. The molecule has 3 aromatic rings. The first-order valence-corrected chi connectivity index (χ1v) is 18.6. The fraction of sp³-hybridized carbons (Fsp3) is 0.424. The monoisotopic (exact) mass is 786 g/mol. The molecule has 1 amide bonds. The molecule has 6 rings (SSSR count). The molecule has 3 aliphatic heterocycles. The molecular weight excluding hydrogens is 751 g/mol. The number of carboxylic acid groups (broad SMARTS) is 3. The van der Waals surface area contributed by atoms with Crippen molar-refractivity contribution in [1.82, 2.24) is 19.7 Å². The molecule has 2 fully saturated rings. The number of Topliss-reactive ketones (excluding diaryl/α,β-unsaturated/α-hetero) is 1. The summed E-state index contributed by atoms with van der Waals surface area (Å²) in [5.74, 6) is -7.39. The van der Waals surface area contributed by atoms with Crippen LogP contribution >= 0.6 is 23.1 Å². The minimum absolute atomic E-state index is 0.0498. The van der Waals surface area contributed by atoms with Crippen LogP contribution in [0.5, 0.6) is 11.5 Å². The number of carboxylic acids is 3. The van der Waals surface area contributed by atoms with E-state index in [2.05, 4.69) is 15.2 Å². The van der Waals surface area contributed by atoms with Gasteiger partial charge in [0.05, 0.1) is 46.6 Å². The van der Waals surface area contributed by atoms with E-state index in [1.54, 1.807) is 4.68 Å². The van der Waals surface area contributed by atoms with Crippen LogP contribution in [0.1, 0.15) is 43.2 Å². The average molecular weight is 787 g/mol. The van der Waals surface area contributed by atoms with Gasteiger partial charge in [-0.25, -0.2) is 14.6 Å². The number of β-lactam (4-membered cyclic amide) rings is 1. The Morgan fingerprint density at radius 2 is 1.80 bits per heavy atom. The fourth-order valence-electron chi connectivity index (χ4n) is 7.12. The van der Waals surface area contributed by atoms with Gasteiger partial charge >= 0.3 is 17.9 Å². The lowest BCUT2D eigenvalue weighted by molar-refractivity contribution is -0.925.